The molecule has 0 saturated heterocycles. The number of ether oxygens (including phenoxy) is 2. The third kappa shape index (κ3) is 4.84. The minimum Gasteiger partial charge on any atom is -0.457 e. The highest BCUT2D eigenvalue weighted by Crippen LogP contribution is 2.34. The van der Waals surface area contributed by atoms with E-state index >= 15 is 0 Å². The Morgan fingerprint density at radius 3 is 2.30 bits per heavy atom. The van der Waals surface area contributed by atoms with Crippen LogP contribution in [-0.4, -0.2) is 41.1 Å². The molecule has 1 aliphatic heterocycles. The molecule has 4 aromatic rings. The fourth-order valence-electron chi connectivity index (χ4n) is 3.98. The van der Waals surface area contributed by atoms with Crippen LogP contribution < -0.4 is 9.64 Å². The van der Waals surface area contributed by atoms with Crippen LogP contribution in [0.5, 0.6) is 5.75 Å². The number of nitro groups is 1. The summed E-state index contributed by atoms with van der Waals surface area (Å²) in [4.78, 5) is 74.2. The molecular weight excluding hydrogens is 524 g/mol. The number of benzene rings is 3. The first-order valence-corrected chi connectivity index (χ1v) is 11.6. The monoisotopic (exact) mass is 540 g/mol. The molecule has 0 saturated carbocycles. The van der Waals surface area contributed by atoms with Crippen LogP contribution in [0.4, 0.5) is 11.4 Å². The number of hydrogen-bond donors (Lipinski definition) is 0. The standard InChI is InChI=1S/C28H16N2O10/c31-22(16-9-11-19(12-10-16)40-28(35)23-8-3-13-38-23)15-39-27(34)17-4-1-5-18(14-17)29-25(32)20-6-2-7-21(30(36)37)24(20)26(29)33/h1-14H,15H2. The Bertz CT molecular complexity index is 1690. The average molecular weight is 540 g/mol. The molecule has 0 spiro atoms. The van der Waals surface area contributed by atoms with Gasteiger partial charge in [-0.1, -0.05) is 12.1 Å². The van der Waals surface area contributed by atoms with E-state index in [1.165, 1.54) is 79.1 Å². The highest BCUT2D eigenvalue weighted by Gasteiger charge is 2.42. The van der Waals surface area contributed by atoms with E-state index in [1.54, 1.807) is 0 Å². The van der Waals surface area contributed by atoms with Crippen molar-refractivity contribution in [3.63, 3.8) is 0 Å². The largest absolute Gasteiger partial charge is 0.457 e. The lowest BCUT2D eigenvalue weighted by molar-refractivity contribution is -0.385. The van der Waals surface area contributed by atoms with Gasteiger partial charge in [-0.3, -0.25) is 24.5 Å². The first kappa shape index (κ1) is 25.7. The van der Waals surface area contributed by atoms with E-state index in [-0.39, 0.29) is 39.5 Å². The van der Waals surface area contributed by atoms with Gasteiger partial charge in [0.2, 0.25) is 5.76 Å². The minimum absolute atomic E-state index is 0.000888. The van der Waals surface area contributed by atoms with Crippen LogP contribution in [0.25, 0.3) is 0 Å². The molecule has 1 aliphatic rings. The van der Waals surface area contributed by atoms with Gasteiger partial charge >= 0.3 is 11.9 Å². The zero-order valence-corrected chi connectivity index (χ0v) is 20.3. The third-order valence-electron chi connectivity index (χ3n) is 5.87. The molecule has 2 amide bonds. The molecule has 12 nitrogen and oxygen atoms in total. The van der Waals surface area contributed by atoms with Crippen molar-refractivity contribution >= 4 is 40.9 Å². The highest BCUT2D eigenvalue weighted by molar-refractivity contribution is 6.35. The molecular formula is C28H16N2O10. The van der Waals surface area contributed by atoms with E-state index in [1.807, 2.05) is 0 Å². The zero-order chi connectivity index (χ0) is 28.4. The van der Waals surface area contributed by atoms with Crippen LogP contribution >= 0.6 is 0 Å². The van der Waals surface area contributed by atoms with Gasteiger partial charge in [-0.25, -0.2) is 14.5 Å². The van der Waals surface area contributed by atoms with Gasteiger partial charge in [0.1, 0.15) is 11.3 Å². The Labute approximate surface area is 224 Å². The van der Waals surface area contributed by atoms with E-state index in [0.29, 0.717) is 0 Å². The summed E-state index contributed by atoms with van der Waals surface area (Å²) in [6.07, 6.45) is 1.33. The number of nitro benzene ring substituents is 1. The van der Waals surface area contributed by atoms with Crippen molar-refractivity contribution in [1.29, 1.82) is 0 Å². The molecule has 2 heterocycles. The van der Waals surface area contributed by atoms with Crippen molar-refractivity contribution in [1.82, 2.24) is 0 Å². The lowest BCUT2D eigenvalue weighted by Gasteiger charge is -2.14. The van der Waals surface area contributed by atoms with Crippen molar-refractivity contribution in [2.75, 3.05) is 11.5 Å². The second-order valence-corrected chi connectivity index (χ2v) is 8.34. The summed E-state index contributed by atoms with van der Waals surface area (Å²) in [6, 6.07) is 17.6. The number of hydrogen-bond acceptors (Lipinski definition) is 10. The molecule has 0 aliphatic carbocycles. The van der Waals surface area contributed by atoms with Crippen LogP contribution in [0.1, 0.15) is 52.0 Å². The maximum Gasteiger partial charge on any atom is 0.379 e. The number of imide groups is 1. The van der Waals surface area contributed by atoms with E-state index < -0.39 is 46.8 Å². The second kappa shape index (κ2) is 10.5. The van der Waals surface area contributed by atoms with Gasteiger partial charge in [0.25, 0.3) is 17.5 Å². The summed E-state index contributed by atoms with van der Waals surface area (Å²) in [5.74, 6) is -3.64. The Morgan fingerprint density at radius 1 is 0.850 bits per heavy atom. The molecule has 3 aromatic carbocycles. The predicted octanol–water partition coefficient (Wildman–Crippen LogP) is 4.25. The zero-order valence-electron chi connectivity index (χ0n) is 20.3. The van der Waals surface area contributed by atoms with Crippen molar-refractivity contribution in [3.05, 3.63) is 123 Å². The Hall–Kier alpha value is -5.91. The fourth-order valence-corrected chi connectivity index (χ4v) is 3.98. The molecule has 0 atom stereocenters. The summed E-state index contributed by atoms with van der Waals surface area (Å²) >= 11 is 0. The average Bonchev–Trinajstić information content (AvgIpc) is 3.59. The minimum atomic E-state index is -0.901. The van der Waals surface area contributed by atoms with Gasteiger partial charge < -0.3 is 13.9 Å². The summed E-state index contributed by atoms with van der Waals surface area (Å²) in [5, 5.41) is 11.3. The fraction of sp³-hybridized carbons (Fsp3) is 0.0357. The van der Waals surface area contributed by atoms with Crippen molar-refractivity contribution < 1.29 is 42.8 Å². The van der Waals surface area contributed by atoms with Crippen LogP contribution in [0.3, 0.4) is 0 Å². The lowest BCUT2D eigenvalue weighted by Crippen LogP contribution is -2.29. The topological polar surface area (TPSA) is 163 Å². The van der Waals surface area contributed by atoms with Crippen LogP contribution in [0, 0.1) is 10.1 Å². The number of amides is 2. The first-order chi connectivity index (χ1) is 19.2. The summed E-state index contributed by atoms with van der Waals surface area (Å²) in [5.41, 5.74) is -0.835. The van der Waals surface area contributed by atoms with Crippen molar-refractivity contribution in [3.8, 4) is 5.75 Å². The second-order valence-electron chi connectivity index (χ2n) is 8.34. The highest BCUT2D eigenvalue weighted by atomic mass is 16.6. The number of ketones is 1. The van der Waals surface area contributed by atoms with Gasteiger partial charge in [0, 0.05) is 11.6 Å². The van der Waals surface area contributed by atoms with Crippen molar-refractivity contribution in [2.24, 2.45) is 0 Å². The smallest absolute Gasteiger partial charge is 0.379 e. The van der Waals surface area contributed by atoms with Gasteiger partial charge in [0.15, 0.2) is 12.4 Å². The van der Waals surface area contributed by atoms with E-state index in [2.05, 4.69) is 0 Å². The molecule has 1 aromatic heterocycles. The van der Waals surface area contributed by atoms with Crippen LogP contribution in [-0.2, 0) is 4.74 Å². The maximum absolute atomic E-state index is 12.9. The maximum atomic E-state index is 12.9. The first-order valence-electron chi connectivity index (χ1n) is 11.6. The number of Topliss-reactive ketones (excluding diaryl/α,β-unsaturated/α-hetero) is 1. The summed E-state index contributed by atoms with van der Waals surface area (Å²) < 4.78 is 15.2. The van der Waals surface area contributed by atoms with Crippen LogP contribution in [0.2, 0.25) is 0 Å². The number of fused-ring (bicyclic) bond motifs is 1. The molecule has 0 fully saturated rings. The molecule has 0 bridgehead atoms. The SMILES string of the molecule is O=C(COC(=O)c1cccc(N2C(=O)c3cccc([N+](=O)[O-])c3C2=O)c1)c1ccc(OC(=O)c2ccco2)cc1. The third-order valence-corrected chi connectivity index (χ3v) is 5.87. The lowest BCUT2D eigenvalue weighted by atomic mass is 10.1. The molecule has 0 N–H and O–H groups in total. The Kier molecular flexibility index (Phi) is 6.72. The normalized spacial score (nSPS) is 12.2. The van der Waals surface area contributed by atoms with Gasteiger partial charge in [-0.15, -0.1) is 0 Å². The van der Waals surface area contributed by atoms with Gasteiger partial charge in [-0.05, 0) is 60.7 Å². The Balaban J connectivity index is 1.24. The quantitative estimate of drug-likeness (QED) is 0.0788. The number of carbonyl (C=O) groups is 5. The number of furan rings is 1. The number of esters is 2. The van der Waals surface area contributed by atoms with Crippen molar-refractivity contribution in [2.45, 2.75) is 0 Å². The van der Waals surface area contributed by atoms with Gasteiger partial charge in [0.05, 0.1) is 28.0 Å². The molecule has 198 valence electrons. The number of carbonyl (C=O) groups excluding carboxylic acids is 5. The molecule has 12 heteroatoms. The molecule has 40 heavy (non-hydrogen) atoms. The van der Waals surface area contributed by atoms with E-state index in [0.717, 1.165) is 11.0 Å². The van der Waals surface area contributed by atoms with E-state index in [9.17, 15) is 34.1 Å². The number of rotatable bonds is 8. The summed E-state index contributed by atoms with van der Waals surface area (Å²) in [7, 11) is 0. The molecule has 0 radical (unpaired) electrons. The molecule has 0 unspecified atom stereocenters. The van der Waals surface area contributed by atoms with Crippen LogP contribution in [0.15, 0.2) is 89.5 Å². The summed E-state index contributed by atoms with van der Waals surface area (Å²) in [6.45, 7) is -0.617. The van der Waals surface area contributed by atoms with E-state index in [4.69, 9.17) is 13.9 Å². The predicted molar refractivity (Wildman–Crippen MR) is 135 cm³/mol. The molecule has 5 rings (SSSR count). The Morgan fingerprint density at radius 2 is 1.60 bits per heavy atom. The number of anilines is 1. The van der Waals surface area contributed by atoms with Gasteiger partial charge in [-0.2, -0.15) is 0 Å². The number of nitrogens with zero attached hydrogens (tertiary/aromatic N) is 2.